The molecule has 0 aliphatic heterocycles. The number of nitrogens with zero attached hydrogens (tertiary/aromatic N) is 2. The number of ether oxygens (including phenoxy) is 1. The Bertz CT molecular complexity index is 589. The highest BCUT2D eigenvalue weighted by Gasteiger charge is 2.09. The first kappa shape index (κ1) is 14.6. The summed E-state index contributed by atoms with van der Waals surface area (Å²) in [6.07, 6.45) is 0. The van der Waals surface area contributed by atoms with E-state index in [0.29, 0.717) is 5.82 Å². The van der Waals surface area contributed by atoms with Crippen LogP contribution in [0.2, 0.25) is 0 Å². The van der Waals surface area contributed by atoms with Crippen molar-refractivity contribution in [1.29, 1.82) is 0 Å². The second-order valence-electron chi connectivity index (χ2n) is 4.53. The fraction of sp³-hybridized carbons (Fsp3) is 0.286. The molecule has 0 aliphatic carbocycles. The molecule has 0 bridgehead atoms. The molecule has 1 heterocycles. The van der Waals surface area contributed by atoms with Crippen LogP contribution in [0, 0.1) is 0 Å². The van der Waals surface area contributed by atoms with E-state index in [1.807, 2.05) is 30.3 Å². The van der Waals surface area contributed by atoms with E-state index < -0.39 is 0 Å². The van der Waals surface area contributed by atoms with Gasteiger partial charge in [-0.25, -0.2) is 15.8 Å². The van der Waals surface area contributed by atoms with Crippen LogP contribution in [0.15, 0.2) is 40.3 Å². The van der Waals surface area contributed by atoms with Gasteiger partial charge in [0.25, 0.3) is 0 Å². The Hall–Kier alpha value is -1.79. The molecule has 1 aromatic heterocycles. The smallest absolute Gasteiger partial charge is 0.144 e. The van der Waals surface area contributed by atoms with Crippen LogP contribution in [0.1, 0.15) is 25.6 Å². The molecule has 0 atom stereocenters. The normalized spacial score (nSPS) is 10.7. The first-order chi connectivity index (χ1) is 9.62. The fourth-order valence-electron chi connectivity index (χ4n) is 1.61. The molecule has 0 aliphatic rings. The van der Waals surface area contributed by atoms with E-state index in [2.05, 4.69) is 29.2 Å². The molecular formula is C14H18N4OS. The van der Waals surface area contributed by atoms with Crippen molar-refractivity contribution >= 4 is 17.6 Å². The number of anilines is 1. The van der Waals surface area contributed by atoms with Gasteiger partial charge in [-0.2, -0.15) is 0 Å². The molecule has 5 nitrogen and oxygen atoms in total. The lowest BCUT2D eigenvalue weighted by Gasteiger charge is -2.10. The molecule has 106 valence electrons. The lowest BCUT2D eigenvalue weighted by molar-refractivity contribution is 0.413. The Morgan fingerprint density at radius 1 is 1.25 bits per heavy atom. The summed E-state index contributed by atoms with van der Waals surface area (Å²) in [6, 6.07) is 9.68. The maximum atomic E-state index is 5.46. The zero-order valence-electron chi connectivity index (χ0n) is 11.8. The Kier molecular flexibility index (Phi) is 4.81. The Labute approximate surface area is 122 Å². The predicted molar refractivity (Wildman–Crippen MR) is 81.0 cm³/mol. The van der Waals surface area contributed by atoms with Crippen molar-refractivity contribution < 1.29 is 4.74 Å². The zero-order chi connectivity index (χ0) is 14.5. The highest BCUT2D eigenvalue weighted by Crippen LogP contribution is 2.30. The van der Waals surface area contributed by atoms with Gasteiger partial charge >= 0.3 is 0 Å². The number of hydrogen-bond donors (Lipinski definition) is 2. The molecule has 3 N–H and O–H groups in total. The quantitative estimate of drug-likeness (QED) is 0.501. The lowest BCUT2D eigenvalue weighted by Crippen LogP contribution is -2.11. The van der Waals surface area contributed by atoms with E-state index in [-0.39, 0.29) is 5.92 Å². The summed E-state index contributed by atoms with van der Waals surface area (Å²) in [5.41, 5.74) is 2.58. The SMILES string of the molecule is COc1cccc(Sc2cc(NN)nc(C(C)C)n2)c1. The van der Waals surface area contributed by atoms with Crippen molar-refractivity contribution in [3.63, 3.8) is 0 Å². The van der Waals surface area contributed by atoms with Crippen LogP contribution in [0.25, 0.3) is 0 Å². The van der Waals surface area contributed by atoms with Gasteiger partial charge in [0, 0.05) is 16.9 Å². The first-order valence-electron chi connectivity index (χ1n) is 6.30. The van der Waals surface area contributed by atoms with Crippen LogP contribution in [-0.4, -0.2) is 17.1 Å². The number of nitrogen functional groups attached to an aromatic ring is 1. The molecule has 0 saturated carbocycles. The van der Waals surface area contributed by atoms with E-state index in [0.717, 1.165) is 21.5 Å². The van der Waals surface area contributed by atoms with E-state index in [1.165, 1.54) is 0 Å². The largest absolute Gasteiger partial charge is 0.497 e. The molecule has 0 spiro atoms. The van der Waals surface area contributed by atoms with Gasteiger partial charge < -0.3 is 10.2 Å². The number of hydrogen-bond acceptors (Lipinski definition) is 6. The molecule has 20 heavy (non-hydrogen) atoms. The summed E-state index contributed by atoms with van der Waals surface area (Å²) >= 11 is 1.55. The van der Waals surface area contributed by atoms with Crippen LogP contribution in [0.5, 0.6) is 5.75 Å². The van der Waals surface area contributed by atoms with Crippen molar-refractivity contribution in [3.05, 3.63) is 36.2 Å². The lowest BCUT2D eigenvalue weighted by atomic mass is 10.2. The Morgan fingerprint density at radius 2 is 2.05 bits per heavy atom. The minimum Gasteiger partial charge on any atom is -0.497 e. The van der Waals surface area contributed by atoms with Gasteiger partial charge in [0.05, 0.1) is 7.11 Å². The number of methoxy groups -OCH3 is 1. The van der Waals surface area contributed by atoms with E-state index >= 15 is 0 Å². The van der Waals surface area contributed by atoms with Crippen molar-refractivity contribution in [2.45, 2.75) is 29.7 Å². The number of aromatic nitrogens is 2. The standard InChI is InChI=1S/C14H18N4OS/c1-9(2)14-16-12(18-15)8-13(17-14)20-11-6-4-5-10(7-11)19-3/h4-9H,15H2,1-3H3,(H,16,17,18). The molecule has 1 aromatic carbocycles. The van der Waals surface area contributed by atoms with E-state index in [4.69, 9.17) is 10.6 Å². The summed E-state index contributed by atoms with van der Waals surface area (Å²) < 4.78 is 5.22. The van der Waals surface area contributed by atoms with Gasteiger partial charge in [-0.15, -0.1) is 0 Å². The van der Waals surface area contributed by atoms with Gasteiger partial charge in [-0.1, -0.05) is 31.7 Å². The second-order valence-corrected chi connectivity index (χ2v) is 5.62. The molecule has 2 rings (SSSR count). The van der Waals surface area contributed by atoms with Gasteiger partial charge in [0.15, 0.2) is 0 Å². The van der Waals surface area contributed by atoms with Gasteiger partial charge in [-0.3, -0.25) is 0 Å². The number of nitrogens with two attached hydrogens (primary N) is 1. The molecule has 6 heteroatoms. The summed E-state index contributed by atoms with van der Waals surface area (Å²) in [6.45, 7) is 4.10. The molecule has 0 fully saturated rings. The highest BCUT2D eigenvalue weighted by molar-refractivity contribution is 7.99. The summed E-state index contributed by atoms with van der Waals surface area (Å²) in [5, 5.41) is 0.852. The van der Waals surface area contributed by atoms with Crippen molar-refractivity contribution in [2.75, 3.05) is 12.5 Å². The van der Waals surface area contributed by atoms with Crippen LogP contribution in [-0.2, 0) is 0 Å². The third-order valence-electron chi connectivity index (χ3n) is 2.65. The number of rotatable bonds is 5. The molecule has 0 saturated heterocycles. The summed E-state index contributed by atoms with van der Waals surface area (Å²) in [4.78, 5) is 9.94. The zero-order valence-corrected chi connectivity index (χ0v) is 12.6. The molecular weight excluding hydrogens is 272 g/mol. The first-order valence-corrected chi connectivity index (χ1v) is 7.11. The average molecular weight is 290 g/mol. The van der Waals surface area contributed by atoms with Crippen LogP contribution in [0.3, 0.4) is 0 Å². The van der Waals surface area contributed by atoms with Crippen LogP contribution < -0.4 is 16.0 Å². The van der Waals surface area contributed by atoms with Gasteiger partial charge in [0.1, 0.15) is 22.4 Å². The maximum Gasteiger partial charge on any atom is 0.144 e. The second kappa shape index (κ2) is 6.58. The van der Waals surface area contributed by atoms with Crippen LogP contribution >= 0.6 is 11.8 Å². The molecule has 0 unspecified atom stereocenters. The summed E-state index contributed by atoms with van der Waals surface area (Å²) in [7, 11) is 1.65. The van der Waals surface area contributed by atoms with Crippen molar-refractivity contribution in [3.8, 4) is 5.75 Å². The monoisotopic (exact) mass is 290 g/mol. The fourth-order valence-corrected chi connectivity index (χ4v) is 2.49. The average Bonchev–Trinajstić information content (AvgIpc) is 2.47. The third kappa shape index (κ3) is 3.61. The molecule has 2 aromatic rings. The van der Waals surface area contributed by atoms with E-state index in [1.54, 1.807) is 18.9 Å². The third-order valence-corrected chi connectivity index (χ3v) is 3.56. The van der Waals surface area contributed by atoms with Crippen molar-refractivity contribution in [1.82, 2.24) is 9.97 Å². The predicted octanol–water partition coefficient (Wildman–Crippen LogP) is 3.05. The number of hydrazine groups is 1. The minimum absolute atomic E-state index is 0.243. The Morgan fingerprint density at radius 3 is 2.70 bits per heavy atom. The number of benzene rings is 1. The van der Waals surface area contributed by atoms with Crippen LogP contribution in [0.4, 0.5) is 5.82 Å². The molecule has 0 amide bonds. The number of nitrogens with one attached hydrogen (secondary N) is 1. The topological polar surface area (TPSA) is 73.1 Å². The van der Waals surface area contributed by atoms with E-state index in [9.17, 15) is 0 Å². The Balaban J connectivity index is 2.29. The van der Waals surface area contributed by atoms with Gasteiger partial charge in [0.2, 0.25) is 0 Å². The highest BCUT2D eigenvalue weighted by atomic mass is 32.2. The van der Waals surface area contributed by atoms with Gasteiger partial charge in [-0.05, 0) is 18.2 Å². The summed E-state index contributed by atoms with van der Waals surface area (Å²) in [5.74, 6) is 7.91. The minimum atomic E-state index is 0.243. The maximum absolute atomic E-state index is 5.46. The van der Waals surface area contributed by atoms with Crippen molar-refractivity contribution in [2.24, 2.45) is 5.84 Å². The molecule has 0 radical (unpaired) electrons.